The number of amides is 2. The van der Waals surface area contributed by atoms with E-state index in [1.165, 1.54) is 24.3 Å². The first-order valence-electron chi connectivity index (χ1n) is 8.14. The van der Waals surface area contributed by atoms with Crippen LogP contribution >= 0.6 is 0 Å². The highest BCUT2D eigenvalue weighted by Crippen LogP contribution is 2.18. The second kappa shape index (κ2) is 9.07. The lowest BCUT2D eigenvalue weighted by atomic mass is 10.1. The molecular weight excluding hydrogens is 361 g/mol. The Morgan fingerprint density at radius 3 is 2.11 bits per heavy atom. The van der Waals surface area contributed by atoms with Crippen molar-refractivity contribution in [3.8, 4) is 5.75 Å². The molecule has 0 radical (unpaired) electrons. The van der Waals surface area contributed by atoms with E-state index in [0.29, 0.717) is 18.4 Å². The Bertz CT molecular complexity index is 772. The molecule has 2 aromatic carbocycles. The van der Waals surface area contributed by atoms with Gasteiger partial charge in [-0.2, -0.15) is 13.2 Å². The van der Waals surface area contributed by atoms with E-state index in [9.17, 15) is 22.8 Å². The third-order valence-corrected chi connectivity index (χ3v) is 3.76. The van der Waals surface area contributed by atoms with Crippen LogP contribution in [0.3, 0.4) is 0 Å². The van der Waals surface area contributed by atoms with Crippen LogP contribution in [0.5, 0.6) is 5.75 Å². The van der Waals surface area contributed by atoms with Gasteiger partial charge in [-0.25, -0.2) is 0 Å². The minimum atomic E-state index is -4.93. The molecule has 0 saturated carbocycles. The van der Waals surface area contributed by atoms with Gasteiger partial charge in [0.25, 0.3) is 0 Å². The average Bonchev–Trinajstić information content (AvgIpc) is 2.65. The topological polar surface area (TPSA) is 67.4 Å². The number of ether oxygens (including phenoxy) is 1. The summed E-state index contributed by atoms with van der Waals surface area (Å²) in [5.41, 5.74) is 1.75. The quantitative estimate of drug-likeness (QED) is 0.773. The molecule has 5 nitrogen and oxygen atoms in total. The third kappa shape index (κ3) is 6.65. The summed E-state index contributed by atoms with van der Waals surface area (Å²) in [6, 6.07) is 13.2. The zero-order valence-corrected chi connectivity index (χ0v) is 14.6. The number of nitrogens with one attached hydrogen (secondary N) is 2. The summed E-state index contributed by atoms with van der Waals surface area (Å²) >= 11 is 0. The number of halogens is 3. The van der Waals surface area contributed by atoms with Crippen molar-refractivity contribution in [2.75, 3.05) is 12.4 Å². The van der Waals surface area contributed by atoms with E-state index in [-0.39, 0.29) is 18.1 Å². The summed E-state index contributed by atoms with van der Waals surface area (Å²) in [5.74, 6) is -1.42. The fourth-order valence-corrected chi connectivity index (χ4v) is 2.25. The molecule has 0 fully saturated rings. The number of aryl methyl sites for hydroxylation is 1. The molecule has 2 rings (SSSR count). The van der Waals surface area contributed by atoms with Gasteiger partial charge in [-0.15, -0.1) is 0 Å². The number of carbonyl (C=O) groups excluding carboxylic acids is 2. The van der Waals surface area contributed by atoms with Crippen molar-refractivity contribution in [2.45, 2.75) is 25.6 Å². The van der Waals surface area contributed by atoms with Gasteiger partial charge in [0.15, 0.2) is 0 Å². The first-order chi connectivity index (χ1) is 12.8. The molecular formula is C19H19F3N2O3. The molecule has 0 atom stereocenters. The molecule has 2 amide bonds. The van der Waals surface area contributed by atoms with Crippen LogP contribution in [0.15, 0.2) is 48.5 Å². The van der Waals surface area contributed by atoms with E-state index in [1.54, 1.807) is 12.4 Å². The SMILES string of the molecule is COc1ccc(CCC(=O)NCc2ccc(NC(=O)C(F)(F)F)cc2)cc1. The molecule has 0 unspecified atom stereocenters. The van der Waals surface area contributed by atoms with Gasteiger partial charge < -0.3 is 15.4 Å². The molecule has 144 valence electrons. The molecule has 2 aromatic rings. The lowest BCUT2D eigenvalue weighted by molar-refractivity contribution is -0.167. The number of methoxy groups -OCH3 is 1. The van der Waals surface area contributed by atoms with E-state index in [2.05, 4.69) is 5.32 Å². The second-order valence-corrected chi connectivity index (χ2v) is 5.77. The average molecular weight is 380 g/mol. The lowest BCUT2D eigenvalue weighted by Gasteiger charge is -2.09. The van der Waals surface area contributed by atoms with E-state index in [0.717, 1.165) is 11.3 Å². The highest BCUT2D eigenvalue weighted by atomic mass is 19.4. The van der Waals surface area contributed by atoms with Crippen molar-refractivity contribution < 1.29 is 27.5 Å². The Hall–Kier alpha value is -3.03. The van der Waals surface area contributed by atoms with Gasteiger partial charge in [-0.3, -0.25) is 9.59 Å². The van der Waals surface area contributed by atoms with Crippen LogP contribution < -0.4 is 15.4 Å². The number of rotatable bonds is 7. The van der Waals surface area contributed by atoms with Gasteiger partial charge in [0.05, 0.1) is 7.11 Å². The van der Waals surface area contributed by atoms with Crippen molar-refractivity contribution in [1.29, 1.82) is 0 Å². The van der Waals surface area contributed by atoms with E-state index in [1.807, 2.05) is 24.3 Å². The summed E-state index contributed by atoms with van der Waals surface area (Å²) in [6.45, 7) is 0.245. The summed E-state index contributed by atoms with van der Waals surface area (Å²) in [6.07, 6.45) is -4.04. The molecule has 8 heteroatoms. The van der Waals surface area contributed by atoms with Gasteiger partial charge in [0.2, 0.25) is 5.91 Å². The number of carbonyl (C=O) groups is 2. The first kappa shape index (κ1) is 20.3. The molecule has 0 heterocycles. The third-order valence-electron chi connectivity index (χ3n) is 3.76. The van der Waals surface area contributed by atoms with Gasteiger partial charge in [-0.05, 0) is 41.8 Å². The van der Waals surface area contributed by atoms with Crippen LogP contribution in [0, 0.1) is 0 Å². The molecule has 0 aliphatic rings. The van der Waals surface area contributed by atoms with Crippen molar-refractivity contribution in [1.82, 2.24) is 5.32 Å². The van der Waals surface area contributed by atoms with Crippen LogP contribution in [-0.4, -0.2) is 25.1 Å². The van der Waals surface area contributed by atoms with Gasteiger partial charge in [0.1, 0.15) is 5.75 Å². The standard InChI is InChI=1S/C19H19F3N2O3/c1-27-16-9-4-13(5-10-16)6-11-17(25)23-12-14-2-7-15(8-3-14)24-18(26)19(20,21)22/h2-5,7-10H,6,11-12H2,1H3,(H,23,25)(H,24,26). The molecule has 0 aromatic heterocycles. The van der Waals surface area contributed by atoms with E-state index in [4.69, 9.17) is 4.74 Å². The van der Waals surface area contributed by atoms with Gasteiger partial charge in [0, 0.05) is 18.7 Å². The Morgan fingerprint density at radius 1 is 0.963 bits per heavy atom. The van der Waals surface area contributed by atoms with Crippen LogP contribution in [0.2, 0.25) is 0 Å². The van der Waals surface area contributed by atoms with Crippen LogP contribution in [0.4, 0.5) is 18.9 Å². The summed E-state index contributed by atoms with van der Waals surface area (Å²) in [5, 5.41) is 4.51. The molecule has 0 spiro atoms. The highest BCUT2D eigenvalue weighted by Gasteiger charge is 2.38. The number of alkyl halides is 3. The van der Waals surface area contributed by atoms with Crippen molar-refractivity contribution in [2.24, 2.45) is 0 Å². The Kier molecular flexibility index (Phi) is 6.81. The van der Waals surface area contributed by atoms with Crippen molar-refractivity contribution >= 4 is 17.5 Å². The predicted octanol–water partition coefficient (Wildman–Crippen LogP) is 3.45. The maximum atomic E-state index is 12.2. The highest BCUT2D eigenvalue weighted by molar-refractivity contribution is 5.94. The monoisotopic (exact) mass is 380 g/mol. The summed E-state index contributed by atoms with van der Waals surface area (Å²) in [7, 11) is 1.58. The predicted molar refractivity (Wildman–Crippen MR) is 94.3 cm³/mol. The number of benzene rings is 2. The summed E-state index contributed by atoms with van der Waals surface area (Å²) < 4.78 is 41.6. The van der Waals surface area contributed by atoms with Gasteiger partial charge in [-0.1, -0.05) is 24.3 Å². The maximum absolute atomic E-state index is 12.2. The van der Waals surface area contributed by atoms with Crippen LogP contribution in [0.25, 0.3) is 0 Å². The lowest BCUT2D eigenvalue weighted by Crippen LogP contribution is -2.29. The Morgan fingerprint density at radius 2 is 1.56 bits per heavy atom. The zero-order valence-electron chi connectivity index (χ0n) is 14.6. The molecule has 0 aliphatic carbocycles. The Labute approximate surface area is 154 Å². The molecule has 2 N–H and O–H groups in total. The fourth-order valence-electron chi connectivity index (χ4n) is 2.25. The van der Waals surface area contributed by atoms with Crippen molar-refractivity contribution in [3.63, 3.8) is 0 Å². The van der Waals surface area contributed by atoms with Crippen LogP contribution in [-0.2, 0) is 22.6 Å². The number of hydrogen-bond acceptors (Lipinski definition) is 3. The minimum Gasteiger partial charge on any atom is -0.497 e. The van der Waals surface area contributed by atoms with Gasteiger partial charge >= 0.3 is 12.1 Å². The number of anilines is 1. The second-order valence-electron chi connectivity index (χ2n) is 5.77. The molecule has 0 saturated heterocycles. The first-order valence-corrected chi connectivity index (χ1v) is 8.14. The van der Waals surface area contributed by atoms with Crippen LogP contribution in [0.1, 0.15) is 17.5 Å². The Balaban J connectivity index is 1.76. The maximum Gasteiger partial charge on any atom is 0.471 e. The molecule has 0 bridgehead atoms. The number of hydrogen-bond donors (Lipinski definition) is 2. The molecule has 27 heavy (non-hydrogen) atoms. The van der Waals surface area contributed by atoms with E-state index < -0.39 is 12.1 Å². The smallest absolute Gasteiger partial charge is 0.471 e. The fraction of sp³-hybridized carbons (Fsp3) is 0.263. The summed E-state index contributed by atoms with van der Waals surface area (Å²) in [4.78, 5) is 22.8. The van der Waals surface area contributed by atoms with E-state index >= 15 is 0 Å². The van der Waals surface area contributed by atoms with Crippen molar-refractivity contribution in [3.05, 3.63) is 59.7 Å². The minimum absolute atomic E-state index is 0.0342. The largest absolute Gasteiger partial charge is 0.497 e. The zero-order chi connectivity index (χ0) is 19.9. The molecule has 0 aliphatic heterocycles. The normalized spacial score (nSPS) is 11.0.